The Morgan fingerprint density at radius 3 is 2.47 bits per heavy atom. The average molecular weight is 432 g/mol. The number of aromatic nitrogens is 4. The fourth-order valence-electron chi connectivity index (χ4n) is 3.96. The fourth-order valence-corrected chi connectivity index (χ4v) is 3.96. The second-order valence-electron chi connectivity index (χ2n) is 7.90. The number of nitrogens with two attached hydrogens (primary N) is 1. The molecule has 4 N–H and O–H groups in total. The number of aliphatic hydroxyl groups excluding tert-OH is 2. The van der Waals surface area contributed by atoms with Gasteiger partial charge in [0, 0.05) is 25.2 Å². The maximum absolute atomic E-state index is 9.67. The molecule has 3 heterocycles. The molecule has 0 saturated carbocycles. The van der Waals surface area contributed by atoms with Gasteiger partial charge in [0.05, 0.1) is 24.1 Å². The largest absolute Gasteiger partial charge is 0.457 e. The number of hydrogen-bond donors (Lipinski definition) is 3. The van der Waals surface area contributed by atoms with Gasteiger partial charge in [-0.05, 0) is 36.4 Å². The van der Waals surface area contributed by atoms with Crippen LogP contribution in [0.4, 0.5) is 5.82 Å². The van der Waals surface area contributed by atoms with E-state index in [1.165, 1.54) is 6.33 Å². The van der Waals surface area contributed by atoms with Crippen molar-refractivity contribution in [3.63, 3.8) is 0 Å². The van der Waals surface area contributed by atoms with E-state index in [1.54, 1.807) is 0 Å². The lowest BCUT2D eigenvalue weighted by Gasteiger charge is -2.40. The Morgan fingerprint density at radius 2 is 1.75 bits per heavy atom. The van der Waals surface area contributed by atoms with Gasteiger partial charge in [0.25, 0.3) is 0 Å². The lowest BCUT2D eigenvalue weighted by atomic mass is 10.1. The Bertz CT molecular complexity index is 1210. The van der Waals surface area contributed by atoms with Crippen LogP contribution in [0, 0.1) is 0 Å². The number of likely N-dealkylation sites (tertiary alicyclic amines) is 1. The van der Waals surface area contributed by atoms with Crippen LogP contribution in [-0.4, -0.2) is 67.2 Å². The molecule has 1 saturated heterocycles. The molecule has 2 aromatic carbocycles. The van der Waals surface area contributed by atoms with Crippen LogP contribution in [0.5, 0.6) is 11.5 Å². The summed E-state index contributed by atoms with van der Waals surface area (Å²) >= 11 is 0. The first-order valence-electron chi connectivity index (χ1n) is 10.5. The summed E-state index contributed by atoms with van der Waals surface area (Å²) < 4.78 is 7.77. The Labute approximate surface area is 184 Å². The topological polar surface area (TPSA) is 123 Å². The van der Waals surface area contributed by atoms with E-state index in [1.807, 2.05) is 59.3 Å². The smallest absolute Gasteiger partial charge is 0.164 e. The molecule has 5 rings (SSSR count). The minimum Gasteiger partial charge on any atom is -0.457 e. The second-order valence-corrected chi connectivity index (χ2v) is 7.90. The molecule has 0 aliphatic carbocycles. The van der Waals surface area contributed by atoms with Gasteiger partial charge >= 0.3 is 0 Å². The van der Waals surface area contributed by atoms with E-state index >= 15 is 0 Å². The van der Waals surface area contributed by atoms with Gasteiger partial charge in [-0.25, -0.2) is 14.6 Å². The van der Waals surface area contributed by atoms with E-state index in [9.17, 15) is 5.11 Å². The number of β-amino-alcohol motifs (C(OH)–C–C–N with tert-alkyl or cyclic N) is 1. The summed E-state index contributed by atoms with van der Waals surface area (Å²) in [6, 6.07) is 17.4. The van der Waals surface area contributed by atoms with E-state index in [4.69, 9.17) is 20.7 Å². The molecule has 164 valence electrons. The minimum atomic E-state index is -0.740. The van der Waals surface area contributed by atoms with Gasteiger partial charge in [-0.2, -0.15) is 5.10 Å². The first-order valence-corrected chi connectivity index (χ1v) is 10.5. The summed E-state index contributed by atoms with van der Waals surface area (Å²) in [5.41, 5.74) is 8.51. The lowest BCUT2D eigenvalue weighted by Crippen LogP contribution is -2.51. The third-order valence-corrected chi connectivity index (χ3v) is 5.59. The number of fused-ring (bicyclic) bond motifs is 1. The number of hydrogen-bond acceptors (Lipinski definition) is 8. The molecule has 2 aromatic heterocycles. The van der Waals surface area contributed by atoms with Crippen molar-refractivity contribution in [3.05, 3.63) is 60.9 Å². The molecular formula is C23H24N6O3. The van der Waals surface area contributed by atoms with Crippen LogP contribution in [0.15, 0.2) is 60.9 Å². The van der Waals surface area contributed by atoms with E-state index < -0.39 is 6.10 Å². The van der Waals surface area contributed by atoms with Gasteiger partial charge < -0.3 is 20.7 Å². The SMILES string of the molecule is Nc1ncnc2c1c(-c1ccc(Oc3ccccc3)cc1)nn2C1CN(C[C@H](O)CO)C1. The molecule has 9 nitrogen and oxygen atoms in total. The molecule has 0 unspecified atom stereocenters. The molecule has 0 amide bonds. The van der Waals surface area contributed by atoms with Crippen LogP contribution in [0.25, 0.3) is 22.3 Å². The molecule has 1 aliphatic heterocycles. The molecule has 0 spiro atoms. The number of benzene rings is 2. The van der Waals surface area contributed by atoms with Crippen molar-refractivity contribution in [2.75, 3.05) is 32.0 Å². The quantitative estimate of drug-likeness (QED) is 0.406. The minimum absolute atomic E-state index is 0.104. The number of anilines is 1. The standard InChI is InChI=1S/C23H24N6O3/c24-22-20-21(15-6-8-19(9-7-15)32-18-4-2-1-3-5-18)27-29(23(20)26-14-25-22)16-10-28(11-16)12-17(31)13-30/h1-9,14,16-17,30-31H,10-13H2,(H2,24,25,26)/t17-/m0/s1. The third-order valence-electron chi connectivity index (χ3n) is 5.59. The van der Waals surface area contributed by atoms with Crippen molar-refractivity contribution in [2.24, 2.45) is 0 Å². The van der Waals surface area contributed by atoms with Gasteiger partial charge in [0.15, 0.2) is 5.65 Å². The predicted octanol–water partition coefficient (Wildman–Crippen LogP) is 2.08. The van der Waals surface area contributed by atoms with Crippen LogP contribution in [0.1, 0.15) is 6.04 Å². The Morgan fingerprint density at radius 1 is 1.03 bits per heavy atom. The first-order chi connectivity index (χ1) is 15.6. The summed E-state index contributed by atoms with van der Waals surface area (Å²) in [5, 5.41) is 24.3. The Balaban J connectivity index is 1.42. The van der Waals surface area contributed by atoms with Gasteiger partial charge in [-0.15, -0.1) is 0 Å². The molecule has 0 radical (unpaired) electrons. The first kappa shape index (κ1) is 20.4. The van der Waals surface area contributed by atoms with E-state index in [0.29, 0.717) is 31.1 Å². The number of aliphatic hydroxyl groups is 2. The van der Waals surface area contributed by atoms with Crippen molar-refractivity contribution in [2.45, 2.75) is 12.1 Å². The highest BCUT2D eigenvalue weighted by Gasteiger charge is 2.32. The van der Waals surface area contributed by atoms with Gasteiger partial charge in [-0.3, -0.25) is 4.90 Å². The Hall–Kier alpha value is -3.53. The molecule has 4 aromatic rings. The summed E-state index contributed by atoms with van der Waals surface area (Å²) in [4.78, 5) is 10.7. The van der Waals surface area contributed by atoms with E-state index in [2.05, 4.69) is 14.9 Å². The van der Waals surface area contributed by atoms with Crippen LogP contribution in [-0.2, 0) is 0 Å². The maximum Gasteiger partial charge on any atom is 0.164 e. The number of ether oxygens (including phenoxy) is 1. The summed E-state index contributed by atoms with van der Waals surface area (Å²) in [6.07, 6.45) is 0.706. The molecule has 1 atom stereocenters. The van der Waals surface area contributed by atoms with Crippen molar-refractivity contribution in [3.8, 4) is 22.8 Å². The summed E-state index contributed by atoms with van der Waals surface area (Å²) in [7, 11) is 0. The van der Waals surface area contributed by atoms with Crippen LogP contribution < -0.4 is 10.5 Å². The van der Waals surface area contributed by atoms with Crippen molar-refractivity contribution < 1.29 is 14.9 Å². The average Bonchev–Trinajstić information content (AvgIpc) is 3.17. The summed E-state index contributed by atoms with van der Waals surface area (Å²) in [5.74, 6) is 1.88. The highest BCUT2D eigenvalue weighted by Crippen LogP contribution is 2.34. The van der Waals surface area contributed by atoms with Crippen molar-refractivity contribution in [1.29, 1.82) is 0 Å². The molecule has 32 heavy (non-hydrogen) atoms. The maximum atomic E-state index is 9.67. The Kier molecular flexibility index (Phi) is 5.44. The zero-order valence-corrected chi connectivity index (χ0v) is 17.4. The summed E-state index contributed by atoms with van der Waals surface area (Å²) in [6.45, 7) is 1.60. The third kappa shape index (κ3) is 3.89. The fraction of sp³-hybridized carbons (Fsp3) is 0.261. The van der Waals surface area contributed by atoms with Crippen LogP contribution in [0.2, 0.25) is 0 Å². The number of para-hydroxylation sites is 1. The highest BCUT2D eigenvalue weighted by atomic mass is 16.5. The van der Waals surface area contributed by atoms with Gasteiger partial charge in [-0.1, -0.05) is 18.2 Å². The number of nitrogen functional groups attached to an aromatic ring is 1. The lowest BCUT2D eigenvalue weighted by molar-refractivity contribution is 0.0163. The van der Waals surface area contributed by atoms with Crippen molar-refractivity contribution in [1.82, 2.24) is 24.6 Å². The number of rotatable bonds is 7. The molecule has 9 heteroatoms. The second kappa shape index (κ2) is 8.54. The van der Waals surface area contributed by atoms with Crippen molar-refractivity contribution >= 4 is 16.9 Å². The molecule has 1 aliphatic rings. The predicted molar refractivity (Wildman–Crippen MR) is 120 cm³/mol. The molecule has 1 fully saturated rings. The van der Waals surface area contributed by atoms with E-state index in [0.717, 1.165) is 28.1 Å². The zero-order valence-electron chi connectivity index (χ0n) is 17.4. The van der Waals surface area contributed by atoms with Crippen LogP contribution in [0.3, 0.4) is 0 Å². The van der Waals surface area contributed by atoms with Crippen LogP contribution >= 0.6 is 0 Å². The number of nitrogens with zero attached hydrogens (tertiary/aromatic N) is 5. The zero-order chi connectivity index (χ0) is 22.1. The normalized spacial score (nSPS) is 15.6. The van der Waals surface area contributed by atoms with Gasteiger partial charge in [0.2, 0.25) is 0 Å². The monoisotopic (exact) mass is 432 g/mol. The van der Waals surface area contributed by atoms with E-state index in [-0.39, 0.29) is 12.6 Å². The molecular weight excluding hydrogens is 408 g/mol. The highest BCUT2D eigenvalue weighted by molar-refractivity contribution is 5.98. The molecule has 0 bridgehead atoms. The van der Waals surface area contributed by atoms with Gasteiger partial charge in [0.1, 0.15) is 29.3 Å².